The minimum absolute atomic E-state index is 0.0000463. The summed E-state index contributed by atoms with van der Waals surface area (Å²) < 4.78 is 64.9. The van der Waals surface area contributed by atoms with Crippen LogP contribution in [0.25, 0.3) is 0 Å². The van der Waals surface area contributed by atoms with Gasteiger partial charge in [-0.25, -0.2) is 8.78 Å². The van der Waals surface area contributed by atoms with Crippen molar-refractivity contribution in [1.82, 2.24) is 0 Å². The van der Waals surface area contributed by atoms with Gasteiger partial charge in [-0.1, -0.05) is 12.1 Å². The fourth-order valence-corrected chi connectivity index (χ4v) is 2.64. The molecule has 1 aliphatic carbocycles. The highest BCUT2D eigenvalue weighted by Crippen LogP contribution is 2.46. The van der Waals surface area contributed by atoms with Crippen LogP contribution in [-0.4, -0.2) is 11.3 Å². The molecule has 1 saturated carbocycles. The lowest BCUT2D eigenvalue weighted by atomic mass is 9.74. The second-order valence-corrected chi connectivity index (χ2v) is 4.97. The molecular formula is C13H13F5O. The molecule has 1 aliphatic rings. The summed E-state index contributed by atoms with van der Waals surface area (Å²) in [5.41, 5.74) is -2.34. The van der Waals surface area contributed by atoms with Crippen molar-refractivity contribution < 1.29 is 27.1 Å². The fourth-order valence-electron chi connectivity index (χ4n) is 2.64. The summed E-state index contributed by atoms with van der Waals surface area (Å²) in [6, 6.07) is 3.19. The Kier molecular flexibility index (Phi) is 3.55. The van der Waals surface area contributed by atoms with Crippen LogP contribution in [0, 0.1) is 17.6 Å². The molecule has 0 amide bonds. The summed E-state index contributed by atoms with van der Waals surface area (Å²) in [6.07, 6.45) is -5.03. The molecular weight excluding hydrogens is 267 g/mol. The van der Waals surface area contributed by atoms with Crippen LogP contribution in [0.15, 0.2) is 18.2 Å². The molecule has 2 atom stereocenters. The van der Waals surface area contributed by atoms with Crippen molar-refractivity contribution in [1.29, 1.82) is 0 Å². The van der Waals surface area contributed by atoms with Gasteiger partial charge >= 0.3 is 6.18 Å². The quantitative estimate of drug-likeness (QED) is 0.773. The van der Waals surface area contributed by atoms with Crippen molar-refractivity contribution >= 4 is 0 Å². The minimum atomic E-state index is -4.43. The molecule has 0 aliphatic heterocycles. The molecule has 0 aromatic heterocycles. The molecule has 0 heterocycles. The number of hydrogen-bond acceptors (Lipinski definition) is 1. The van der Waals surface area contributed by atoms with Gasteiger partial charge in [-0.15, -0.1) is 0 Å². The molecule has 2 unspecified atom stereocenters. The topological polar surface area (TPSA) is 20.2 Å². The van der Waals surface area contributed by atoms with Crippen molar-refractivity contribution in [3.63, 3.8) is 0 Å². The van der Waals surface area contributed by atoms with Crippen LogP contribution in [0.5, 0.6) is 0 Å². The summed E-state index contributed by atoms with van der Waals surface area (Å²) in [5.74, 6) is -4.12. The first-order chi connectivity index (χ1) is 8.74. The maximum absolute atomic E-state index is 13.6. The molecule has 0 radical (unpaired) electrons. The van der Waals surface area contributed by atoms with Crippen molar-refractivity contribution in [3.05, 3.63) is 35.4 Å². The third kappa shape index (κ3) is 2.73. The molecule has 6 heteroatoms. The normalized spacial score (nSPS) is 28.4. The van der Waals surface area contributed by atoms with E-state index in [1.165, 1.54) is 6.07 Å². The van der Waals surface area contributed by atoms with Crippen molar-refractivity contribution in [2.45, 2.75) is 37.5 Å². The number of aliphatic hydroxyl groups is 1. The summed E-state index contributed by atoms with van der Waals surface area (Å²) in [4.78, 5) is 0. The van der Waals surface area contributed by atoms with Crippen LogP contribution in [-0.2, 0) is 5.60 Å². The molecule has 1 fully saturated rings. The van der Waals surface area contributed by atoms with E-state index in [0.29, 0.717) is 0 Å². The van der Waals surface area contributed by atoms with E-state index in [2.05, 4.69) is 0 Å². The van der Waals surface area contributed by atoms with Crippen LogP contribution in [0.2, 0.25) is 0 Å². The molecule has 1 aromatic rings. The summed E-state index contributed by atoms with van der Waals surface area (Å²) in [5, 5.41) is 10.3. The van der Waals surface area contributed by atoms with Gasteiger partial charge in [0.05, 0.1) is 11.5 Å². The van der Waals surface area contributed by atoms with Crippen molar-refractivity contribution in [3.8, 4) is 0 Å². The Morgan fingerprint density at radius 3 is 2.53 bits per heavy atom. The van der Waals surface area contributed by atoms with E-state index in [9.17, 15) is 27.1 Å². The summed E-state index contributed by atoms with van der Waals surface area (Å²) in [6.45, 7) is 0. The SMILES string of the molecule is OC1(c2cccc(F)c2F)CCCC(C(F)(F)F)C1. The second-order valence-electron chi connectivity index (χ2n) is 4.97. The van der Waals surface area contributed by atoms with Gasteiger partial charge in [0.2, 0.25) is 0 Å². The predicted molar refractivity (Wildman–Crippen MR) is 58.3 cm³/mol. The Morgan fingerprint density at radius 2 is 1.89 bits per heavy atom. The Morgan fingerprint density at radius 1 is 1.21 bits per heavy atom. The van der Waals surface area contributed by atoms with Crippen molar-refractivity contribution in [2.24, 2.45) is 5.92 Å². The maximum Gasteiger partial charge on any atom is 0.391 e. The van der Waals surface area contributed by atoms with E-state index in [0.717, 1.165) is 12.1 Å². The first-order valence-corrected chi connectivity index (χ1v) is 5.97. The van der Waals surface area contributed by atoms with E-state index in [-0.39, 0.29) is 24.8 Å². The predicted octanol–water partition coefficient (Wildman–Crippen LogP) is 3.90. The number of rotatable bonds is 1. The molecule has 1 aromatic carbocycles. The van der Waals surface area contributed by atoms with E-state index < -0.39 is 35.8 Å². The Labute approximate surface area is 107 Å². The fraction of sp³-hybridized carbons (Fsp3) is 0.538. The smallest absolute Gasteiger partial charge is 0.385 e. The first kappa shape index (κ1) is 14.2. The highest BCUT2D eigenvalue weighted by molar-refractivity contribution is 5.26. The average Bonchev–Trinajstić information content (AvgIpc) is 2.31. The van der Waals surface area contributed by atoms with Gasteiger partial charge in [0.15, 0.2) is 11.6 Å². The van der Waals surface area contributed by atoms with Crippen LogP contribution in [0.1, 0.15) is 31.2 Å². The molecule has 1 nitrogen and oxygen atoms in total. The number of alkyl halides is 3. The van der Waals surface area contributed by atoms with E-state index in [1.807, 2.05) is 0 Å². The Bertz CT molecular complexity index is 471. The molecule has 19 heavy (non-hydrogen) atoms. The summed E-state index contributed by atoms with van der Waals surface area (Å²) in [7, 11) is 0. The molecule has 106 valence electrons. The zero-order chi connectivity index (χ0) is 14.3. The zero-order valence-electron chi connectivity index (χ0n) is 9.97. The number of halogens is 5. The lowest BCUT2D eigenvalue weighted by molar-refractivity contribution is -0.202. The van der Waals surface area contributed by atoms with Gasteiger partial charge < -0.3 is 5.11 Å². The van der Waals surface area contributed by atoms with Gasteiger partial charge in [-0.2, -0.15) is 13.2 Å². The second kappa shape index (κ2) is 4.74. The van der Waals surface area contributed by atoms with E-state index in [1.54, 1.807) is 0 Å². The number of benzene rings is 1. The standard InChI is InChI=1S/C13H13F5O/c14-10-5-1-4-9(11(10)15)12(19)6-2-3-8(7-12)13(16,17)18/h1,4-5,8,19H,2-3,6-7H2. The third-order valence-corrected chi connectivity index (χ3v) is 3.64. The van der Waals surface area contributed by atoms with Crippen LogP contribution in [0.4, 0.5) is 22.0 Å². The monoisotopic (exact) mass is 280 g/mol. The Hall–Kier alpha value is -1.17. The maximum atomic E-state index is 13.6. The summed E-state index contributed by atoms with van der Waals surface area (Å²) >= 11 is 0. The lowest BCUT2D eigenvalue weighted by Crippen LogP contribution is -2.39. The zero-order valence-corrected chi connectivity index (χ0v) is 9.97. The molecule has 0 bridgehead atoms. The largest absolute Gasteiger partial charge is 0.391 e. The van der Waals surface area contributed by atoms with Gasteiger partial charge in [0, 0.05) is 5.56 Å². The van der Waals surface area contributed by atoms with Gasteiger partial charge in [0.25, 0.3) is 0 Å². The molecule has 1 N–H and O–H groups in total. The van der Waals surface area contributed by atoms with Crippen molar-refractivity contribution in [2.75, 3.05) is 0 Å². The van der Waals surface area contributed by atoms with Gasteiger partial charge in [-0.3, -0.25) is 0 Å². The Balaban J connectivity index is 2.34. The van der Waals surface area contributed by atoms with Gasteiger partial charge in [-0.05, 0) is 31.7 Å². The van der Waals surface area contributed by atoms with E-state index in [4.69, 9.17) is 0 Å². The van der Waals surface area contributed by atoms with Crippen LogP contribution in [0.3, 0.4) is 0 Å². The molecule has 0 spiro atoms. The lowest BCUT2D eigenvalue weighted by Gasteiger charge is -2.38. The minimum Gasteiger partial charge on any atom is -0.385 e. The van der Waals surface area contributed by atoms with Gasteiger partial charge in [0.1, 0.15) is 0 Å². The van der Waals surface area contributed by atoms with Crippen LogP contribution >= 0.6 is 0 Å². The highest BCUT2D eigenvalue weighted by Gasteiger charge is 2.48. The third-order valence-electron chi connectivity index (χ3n) is 3.64. The van der Waals surface area contributed by atoms with E-state index >= 15 is 0 Å². The van der Waals surface area contributed by atoms with Crippen LogP contribution < -0.4 is 0 Å². The number of hydrogen-bond donors (Lipinski definition) is 1. The molecule has 2 rings (SSSR count). The first-order valence-electron chi connectivity index (χ1n) is 5.97. The highest BCUT2D eigenvalue weighted by atomic mass is 19.4. The molecule has 0 saturated heterocycles. The average molecular weight is 280 g/mol.